The molecule has 3 rings (SSSR count). The number of nitrogens with one attached hydrogen (secondary N) is 1. The minimum atomic E-state index is -0.0512. The topological polar surface area (TPSA) is 63.1 Å². The van der Waals surface area contributed by atoms with Gasteiger partial charge in [-0.3, -0.25) is 4.79 Å². The van der Waals surface area contributed by atoms with Gasteiger partial charge in [-0.25, -0.2) is 0 Å². The van der Waals surface area contributed by atoms with Gasteiger partial charge >= 0.3 is 0 Å². The van der Waals surface area contributed by atoms with Crippen molar-refractivity contribution < 1.29 is 4.79 Å². The molecule has 2 aliphatic rings. The molecule has 1 aromatic heterocycles. The maximum absolute atomic E-state index is 12.3. The summed E-state index contributed by atoms with van der Waals surface area (Å²) in [4.78, 5) is 14.1. The lowest BCUT2D eigenvalue weighted by Gasteiger charge is -2.27. The van der Waals surface area contributed by atoms with Gasteiger partial charge in [0.25, 0.3) is 0 Å². The third-order valence-corrected chi connectivity index (χ3v) is 4.72. The molecule has 6 nitrogen and oxygen atoms in total. The summed E-state index contributed by atoms with van der Waals surface area (Å²) in [6.07, 6.45) is 2.14. The monoisotopic (exact) mass is 281 g/mol. The number of fused-ring (bicyclic) bond motifs is 1. The number of aromatic nitrogens is 3. The fourth-order valence-corrected chi connectivity index (χ4v) is 3.53. The molecule has 2 aliphatic heterocycles. The summed E-state index contributed by atoms with van der Waals surface area (Å²) in [7, 11) is 1.85. The number of thioether (sulfide) groups is 1. The molecule has 1 saturated heterocycles. The molecule has 19 heavy (non-hydrogen) atoms. The molecule has 1 atom stereocenters. The molecular weight excluding hydrogens is 262 g/mol. The number of aryl methyl sites for hydroxylation is 1. The predicted octanol–water partition coefficient (Wildman–Crippen LogP) is -0.112. The first-order chi connectivity index (χ1) is 9.25. The Balaban J connectivity index is 1.63. The van der Waals surface area contributed by atoms with E-state index >= 15 is 0 Å². The maximum Gasteiger partial charge on any atom is 0.240 e. The van der Waals surface area contributed by atoms with Crippen molar-refractivity contribution in [3.8, 4) is 0 Å². The highest BCUT2D eigenvalue weighted by atomic mass is 32.2. The van der Waals surface area contributed by atoms with Crippen LogP contribution in [0.3, 0.4) is 0 Å². The van der Waals surface area contributed by atoms with Crippen LogP contribution in [-0.2, 0) is 24.3 Å². The Kier molecular flexibility index (Phi) is 3.74. The lowest BCUT2D eigenvalue weighted by molar-refractivity contribution is -0.132. The van der Waals surface area contributed by atoms with Gasteiger partial charge in [-0.05, 0) is 6.42 Å². The van der Waals surface area contributed by atoms with Crippen LogP contribution in [0.4, 0.5) is 0 Å². The van der Waals surface area contributed by atoms with Crippen LogP contribution in [0.1, 0.15) is 18.1 Å². The first kappa shape index (κ1) is 12.9. The van der Waals surface area contributed by atoms with E-state index in [4.69, 9.17) is 0 Å². The summed E-state index contributed by atoms with van der Waals surface area (Å²) in [5, 5.41) is 11.7. The third-order valence-electron chi connectivity index (χ3n) is 3.66. The van der Waals surface area contributed by atoms with Gasteiger partial charge in [-0.15, -0.1) is 10.2 Å². The molecule has 0 bridgehead atoms. The maximum atomic E-state index is 12.3. The first-order valence-corrected chi connectivity index (χ1v) is 7.88. The Morgan fingerprint density at radius 3 is 3.26 bits per heavy atom. The zero-order valence-electron chi connectivity index (χ0n) is 11.1. The molecule has 1 aromatic rings. The summed E-state index contributed by atoms with van der Waals surface area (Å²) in [5.41, 5.74) is 0. The van der Waals surface area contributed by atoms with Gasteiger partial charge < -0.3 is 14.8 Å². The molecule has 1 unspecified atom stereocenters. The first-order valence-electron chi connectivity index (χ1n) is 6.73. The Morgan fingerprint density at radius 2 is 2.47 bits per heavy atom. The second kappa shape index (κ2) is 5.50. The molecule has 0 aromatic carbocycles. The van der Waals surface area contributed by atoms with Gasteiger partial charge in [0, 0.05) is 38.1 Å². The van der Waals surface area contributed by atoms with Crippen molar-refractivity contribution in [3.63, 3.8) is 0 Å². The molecule has 0 spiro atoms. The van der Waals surface area contributed by atoms with E-state index in [1.165, 1.54) is 0 Å². The van der Waals surface area contributed by atoms with Crippen molar-refractivity contribution in [1.82, 2.24) is 25.0 Å². The second-order valence-electron chi connectivity index (χ2n) is 5.06. The van der Waals surface area contributed by atoms with Gasteiger partial charge in [0.05, 0.1) is 12.6 Å². The van der Waals surface area contributed by atoms with Gasteiger partial charge in [0.2, 0.25) is 5.91 Å². The van der Waals surface area contributed by atoms with Crippen molar-refractivity contribution in [2.45, 2.75) is 32.0 Å². The molecule has 1 amide bonds. The van der Waals surface area contributed by atoms with Crippen LogP contribution in [0.5, 0.6) is 0 Å². The van der Waals surface area contributed by atoms with Crippen LogP contribution in [0, 0.1) is 0 Å². The van der Waals surface area contributed by atoms with Gasteiger partial charge in [0.1, 0.15) is 5.82 Å². The van der Waals surface area contributed by atoms with Gasteiger partial charge in [0.15, 0.2) is 5.82 Å². The summed E-state index contributed by atoms with van der Waals surface area (Å²) in [5.74, 6) is 4.07. The zero-order valence-corrected chi connectivity index (χ0v) is 11.9. The Bertz CT molecular complexity index is 469. The van der Waals surface area contributed by atoms with E-state index in [0.29, 0.717) is 6.54 Å². The number of carbonyl (C=O) groups excluding carboxylic acids is 1. The smallest absolute Gasteiger partial charge is 0.240 e. The van der Waals surface area contributed by atoms with Crippen molar-refractivity contribution in [1.29, 1.82) is 0 Å². The molecule has 7 heteroatoms. The van der Waals surface area contributed by atoms with Gasteiger partial charge in [-0.2, -0.15) is 11.8 Å². The fraction of sp³-hybridized carbons (Fsp3) is 0.750. The van der Waals surface area contributed by atoms with E-state index in [9.17, 15) is 4.79 Å². The standard InChI is InChI=1S/C12H19N5OS/c1-16(12(18)9-8-19-6-4-13-9)7-11-15-14-10-3-2-5-17(10)11/h9,13H,2-8H2,1H3. The van der Waals surface area contributed by atoms with Crippen molar-refractivity contribution in [3.05, 3.63) is 11.6 Å². The molecule has 0 radical (unpaired) electrons. The van der Waals surface area contributed by atoms with E-state index in [0.717, 1.165) is 49.1 Å². The fourth-order valence-electron chi connectivity index (χ4n) is 2.61. The van der Waals surface area contributed by atoms with Crippen molar-refractivity contribution >= 4 is 17.7 Å². The van der Waals surface area contributed by atoms with Crippen LogP contribution in [0.25, 0.3) is 0 Å². The predicted molar refractivity (Wildman–Crippen MR) is 73.9 cm³/mol. The number of amides is 1. The number of nitrogens with zero attached hydrogens (tertiary/aromatic N) is 4. The number of hydrogen-bond acceptors (Lipinski definition) is 5. The second-order valence-corrected chi connectivity index (χ2v) is 6.21. The van der Waals surface area contributed by atoms with E-state index in [-0.39, 0.29) is 11.9 Å². The molecule has 3 heterocycles. The van der Waals surface area contributed by atoms with Crippen LogP contribution in [-0.4, -0.2) is 56.7 Å². The zero-order chi connectivity index (χ0) is 13.2. The van der Waals surface area contributed by atoms with Crippen LogP contribution in [0.15, 0.2) is 0 Å². The van der Waals surface area contributed by atoms with Crippen LogP contribution < -0.4 is 5.32 Å². The van der Waals surface area contributed by atoms with Crippen molar-refractivity contribution in [2.75, 3.05) is 25.1 Å². The average molecular weight is 281 g/mol. The van der Waals surface area contributed by atoms with E-state index in [1.807, 2.05) is 18.8 Å². The van der Waals surface area contributed by atoms with Gasteiger partial charge in [-0.1, -0.05) is 0 Å². The summed E-state index contributed by atoms with van der Waals surface area (Å²) in [6, 6.07) is -0.0512. The van der Waals surface area contributed by atoms with E-state index < -0.39 is 0 Å². The highest BCUT2D eigenvalue weighted by Crippen LogP contribution is 2.16. The molecule has 1 N–H and O–H groups in total. The van der Waals surface area contributed by atoms with E-state index in [1.54, 1.807) is 4.90 Å². The summed E-state index contributed by atoms with van der Waals surface area (Å²) < 4.78 is 2.15. The quantitative estimate of drug-likeness (QED) is 0.837. The lowest BCUT2D eigenvalue weighted by Crippen LogP contribution is -2.49. The third kappa shape index (κ3) is 2.62. The number of carbonyl (C=O) groups is 1. The number of rotatable bonds is 3. The number of hydrogen-bond donors (Lipinski definition) is 1. The normalized spacial score (nSPS) is 22.3. The summed E-state index contributed by atoms with van der Waals surface area (Å²) >= 11 is 1.83. The Hall–Kier alpha value is -1.08. The molecule has 1 fully saturated rings. The molecule has 104 valence electrons. The van der Waals surface area contributed by atoms with Crippen LogP contribution in [0.2, 0.25) is 0 Å². The summed E-state index contributed by atoms with van der Waals surface area (Å²) in [6.45, 7) is 2.45. The van der Waals surface area contributed by atoms with E-state index in [2.05, 4.69) is 20.1 Å². The van der Waals surface area contributed by atoms with Crippen LogP contribution >= 0.6 is 11.8 Å². The highest BCUT2D eigenvalue weighted by Gasteiger charge is 2.26. The largest absolute Gasteiger partial charge is 0.337 e. The minimum Gasteiger partial charge on any atom is -0.337 e. The minimum absolute atomic E-state index is 0.0512. The average Bonchev–Trinajstić information content (AvgIpc) is 3.04. The molecular formula is C12H19N5OS. The highest BCUT2D eigenvalue weighted by molar-refractivity contribution is 7.99. The molecule has 0 saturated carbocycles. The SMILES string of the molecule is CN(Cc1nnc2n1CCC2)C(=O)C1CSCCN1. The van der Waals surface area contributed by atoms with Crippen molar-refractivity contribution in [2.24, 2.45) is 0 Å². The number of likely N-dealkylation sites (N-methyl/N-ethyl adjacent to an activating group) is 1. The molecule has 0 aliphatic carbocycles. The lowest BCUT2D eigenvalue weighted by atomic mass is 10.3. The Labute approximate surface area is 116 Å². The Morgan fingerprint density at radius 1 is 1.58 bits per heavy atom.